The molecule has 0 saturated heterocycles. The summed E-state index contributed by atoms with van der Waals surface area (Å²) in [6, 6.07) is 4.11. The van der Waals surface area contributed by atoms with Crippen LogP contribution >= 0.6 is 0 Å². The summed E-state index contributed by atoms with van der Waals surface area (Å²) in [6.07, 6.45) is -0.246. The van der Waals surface area contributed by atoms with Crippen molar-refractivity contribution in [2.24, 2.45) is 0 Å². The first-order valence-corrected chi connectivity index (χ1v) is 9.80. The first kappa shape index (κ1) is 24.7. The van der Waals surface area contributed by atoms with Gasteiger partial charge in [-0.25, -0.2) is 17.6 Å². The van der Waals surface area contributed by atoms with Crippen LogP contribution in [0, 0.1) is 23.3 Å². The number of rotatable bonds is 9. The van der Waals surface area contributed by atoms with E-state index in [1.54, 1.807) is 25.9 Å². The summed E-state index contributed by atoms with van der Waals surface area (Å²) < 4.78 is 69.2. The van der Waals surface area contributed by atoms with E-state index in [0.717, 1.165) is 0 Å². The molecule has 0 saturated carbocycles. The molecule has 0 fully saturated rings. The van der Waals surface area contributed by atoms with Gasteiger partial charge in [0.15, 0.2) is 34.8 Å². The molecule has 0 aliphatic carbocycles. The highest BCUT2D eigenvalue weighted by Gasteiger charge is 2.47. The molecule has 0 bridgehead atoms. The third kappa shape index (κ3) is 4.39. The maximum absolute atomic E-state index is 15.1. The number of nitrogens with zero attached hydrogens (tertiary/aromatic N) is 1. The molecule has 0 radical (unpaired) electrons. The molecule has 0 aliphatic heterocycles. The second-order valence-electron chi connectivity index (χ2n) is 7.61. The van der Waals surface area contributed by atoms with E-state index in [9.17, 15) is 13.6 Å². The van der Waals surface area contributed by atoms with Crippen LogP contribution in [-0.4, -0.2) is 45.0 Å². The minimum atomic E-state index is -2.00. The van der Waals surface area contributed by atoms with E-state index in [2.05, 4.69) is 0 Å². The van der Waals surface area contributed by atoms with Crippen molar-refractivity contribution in [2.75, 3.05) is 28.3 Å². The minimum Gasteiger partial charge on any atom is -0.493 e. The van der Waals surface area contributed by atoms with Gasteiger partial charge in [-0.2, -0.15) is 0 Å². The Hall–Kier alpha value is -2.61. The first-order chi connectivity index (χ1) is 14.5. The van der Waals surface area contributed by atoms with E-state index >= 15 is 8.78 Å². The fourth-order valence-electron chi connectivity index (χ4n) is 3.76. The fraction of sp³-hybridized carbons (Fsp3) is 0.435. The van der Waals surface area contributed by atoms with E-state index in [4.69, 9.17) is 9.47 Å². The predicted molar refractivity (Wildman–Crippen MR) is 110 cm³/mol. The first-order valence-electron chi connectivity index (χ1n) is 9.80. The molecule has 170 valence electrons. The summed E-state index contributed by atoms with van der Waals surface area (Å²) in [5, 5.41) is 0. The molecule has 2 aromatic carbocycles. The average Bonchev–Trinajstić information content (AvgIpc) is 2.75. The minimum absolute atomic E-state index is 0.120. The van der Waals surface area contributed by atoms with Gasteiger partial charge in [0.05, 0.1) is 19.6 Å². The number of carbonyl (C=O) groups is 1. The molecular weight excluding hydrogens is 414 g/mol. The van der Waals surface area contributed by atoms with Crippen molar-refractivity contribution in [2.45, 2.75) is 38.1 Å². The van der Waals surface area contributed by atoms with Crippen molar-refractivity contribution in [1.82, 2.24) is 4.90 Å². The summed E-state index contributed by atoms with van der Waals surface area (Å²) in [5.41, 5.74) is -2.80. The second kappa shape index (κ2) is 9.68. The zero-order chi connectivity index (χ0) is 23.5. The van der Waals surface area contributed by atoms with Crippen LogP contribution in [0.1, 0.15) is 37.8 Å². The lowest BCUT2D eigenvalue weighted by atomic mass is 9.66. The Bertz CT molecular complexity index is 938. The van der Waals surface area contributed by atoms with Gasteiger partial charge in [0.1, 0.15) is 5.78 Å². The Balaban J connectivity index is 3.02. The number of benzene rings is 2. The number of ether oxygens (including phenoxy) is 2. The predicted octanol–water partition coefficient (Wildman–Crippen LogP) is 4.87. The van der Waals surface area contributed by atoms with E-state index in [1.165, 1.54) is 39.3 Å². The Kier molecular flexibility index (Phi) is 7.70. The third-order valence-electron chi connectivity index (χ3n) is 5.70. The van der Waals surface area contributed by atoms with Crippen molar-refractivity contribution in [1.29, 1.82) is 0 Å². The molecule has 0 amide bonds. The van der Waals surface area contributed by atoms with Crippen molar-refractivity contribution in [3.05, 3.63) is 58.7 Å². The number of hydrogen-bond donors (Lipinski definition) is 0. The average molecular weight is 441 g/mol. The van der Waals surface area contributed by atoms with Crippen molar-refractivity contribution in [3.8, 4) is 11.5 Å². The fourth-order valence-corrected chi connectivity index (χ4v) is 3.76. The molecule has 0 N–H and O–H groups in total. The molecule has 8 heteroatoms. The topological polar surface area (TPSA) is 38.8 Å². The number of Topliss-reactive ketones (excluding diaryl/α,β-unsaturated/α-hetero) is 1. The highest BCUT2D eigenvalue weighted by molar-refractivity contribution is 5.94. The van der Waals surface area contributed by atoms with E-state index in [-0.39, 0.29) is 36.3 Å². The Morgan fingerprint density at radius 1 is 1.00 bits per heavy atom. The van der Waals surface area contributed by atoms with E-state index in [1.807, 2.05) is 0 Å². The van der Waals surface area contributed by atoms with Gasteiger partial charge < -0.3 is 14.4 Å². The van der Waals surface area contributed by atoms with Crippen LogP contribution in [0.5, 0.6) is 11.5 Å². The monoisotopic (exact) mass is 441 g/mol. The number of carbonyl (C=O) groups excluding carboxylic acids is 1. The summed E-state index contributed by atoms with van der Waals surface area (Å²) >= 11 is 0. The van der Waals surface area contributed by atoms with E-state index < -0.39 is 40.0 Å². The summed E-state index contributed by atoms with van der Waals surface area (Å²) in [7, 11) is 6.26. The van der Waals surface area contributed by atoms with Crippen LogP contribution in [-0.2, 0) is 10.2 Å². The lowest BCUT2D eigenvalue weighted by molar-refractivity contribution is -0.123. The van der Waals surface area contributed by atoms with Crippen LogP contribution in [0.3, 0.4) is 0 Å². The highest BCUT2D eigenvalue weighted by Crippen LogP contribution is 2.45. The maximum Gasteiger partial charge on any atom is 0.166 e. The maximum atomic E-state index is 15.1. The van der Waals surface area contributed by atoms with Crippen molar-refractivity contribution in [3.63, 3.8) is 0 Å². The number of halogens is 4. The SMILES string of the molecule is CCC(=O)C(C[C@@H](C)N(C)C)(c1ccc(OC)c(OC)c1)c1c(F)c(F)cc(F)c1F. The van der Waals surface area contributed by atoms with Crippen LogP contribution in [0.15, 0.2) is 24.3 Å². The summed E-state index contributed by atoms with van der Waals surface area (Å²) in [6.45, 7) is 3.29. The van der Waals surface area contributed by atoms with Gasteiger partial charge in [0, 0.05) is 24.1 Å². The van der Waals surface area contributed by atoms with Crippen LogP contribution in [0.2, 0.25) is 0 Å². The number of ketones is 1. The molecule has 2 aromatic rings. The van der Waals surface area contributed by atoms with Crippen molar-refractivity contribution >= 4 is 5.78 Å². The summed E-state index contributed by atoms with van der Waals surface area (Å²) in [4.78, 5) is 15.2. The molecule has 0 heterocycles. The molecule has 0 aromatic heterocycles. The Morgan fingerprint density at radius 2 is 1.55 bits per heavy atom. The van der Waals surface area contributed by atoms with Gasteiger partial charge in [-0.3, -0.25) is 4.79 Å². The highest BCUT2D eigenvalue weighted by atomic mass is 19.2. The molecule has 1 unspecified atom stereocenters. The van der Waals surface area contributed by atoms with E-state index in [0.29, 0.717) is 5.75 Å². The second-order valence-corrected chi connectivity index (χ2v) is 7.61. The van der Waals surface area contributed by atoms with Gasteiger partial charge in [0.2, 0.25) is 0 Å². The lowest BCUT2D eigenvalue weighted by Crippen LogP contribution is -2.44. The molecule has 4 nitrogen and oxygen atoms in total. The van der Waals surface area contributed by atoms with Gasteiger partial charge in [-0.15, -0.1) is 0 Å². The summed E-state index contributed by atoms with van der Waals surface area (Å²) in [5.74, 6) is -6.38. The van der Waals surface area contributed by atoms with Gasteiger partial charge in [-0.05, 0) is 45.1 Å². The molecule has 31 heavy (non-hydrogen) atoms. The molecule has 2 rings (SSSR count). The van der Waals surface area contributed by atoms with Crippen molar-refractivity contribution < 1.29 is 31.8 Å². The quantitative estimate of drug-likeness (QED) is 0.411. The van der Waals surface area contributed by atoms with Gasteiger partial charge in [0.25, 0.3) is 0 Å². The normalized spacial score (nSPS) is 14.3. The Labute approximate surface area is 179 Å². The third-order valence-corrected chi connectivity index (χ3v) is 5.70. The molecule has 2 atom stereocenters. The Morgan fingerprint density at radius 3 is 2.00 bits per heavy atom. The van der Waals surface area contributed by atoms with Gasteiger partial charge >= 0.3 is 0 Å². The zero-order valence-corrected chi connectivity index (χ0v) is 18.5. The molecule has 0 spiro atoms. The number of methoxy groups -OCH3 is 2. The lowest BCUT2D eigenvalue weighted by Gasteiger charge is -2.38. The molecule has 0 aliphatic rings. The smallest absolute Gasteiger partial charge is 0.166 e. The van der Waals surface area contributed by atoms with Crippen LogP contribution in [0.25, 0.3) is 0 Å². The standard InChI is InChI=1S/C23H27F4NO3/c1-7-19(29)23(12-13(2)28(3)4,14-8-9-17(30-5)18(10-14)31-6)20-21(26)15(24)11-16(25)22(20)27/h8-11,13H,7,12H2,1-6H3/t13-,23?/m1/s1. The van der Waals surface area contributed by atoms with Crippen LogP contribution in [0.4, 0.5) is 17.6 Å². The molecular formula is C23H27F4NO3. The largest absolute Gasteiger partial charge is 0.493 e. The zero-order valence-electron chi connectivity index (χ0n) is 18.5. The van der Waals surface area contributed by atoms with Gasteiger partial charge in [-0.1, -0.05) is 13.0 Å². The van der Waals surface area contributed by atoms with Crippen LogP contribution < -0.4 is 9.47 Å². The number of hydrogen-bond acceptors (Lipinski definition) is 4.